The number of hydrogen-bond acceptors (Lipinski definition) is 3. The Morgan fingerprint density at radius 1 is 1.00 bits per heavy atom. The molecule has 4 rings (SSSR count). The number of hydrazone groups is 1. The minimum absolute atomic E-state index is 0.218. The molecule has 2 fully saturated rings. The van der Waals surface area contributed by atoms with Crippen LogP contribution in [0.25, 0.3) is 10.8 Å². The van der Waals surface area contributed by atoms with Gasteiger partial charge in [0, 0.05) is 0 Å². The maximum Gasteiger partial charge on any atom is 0.346 e. The third-order valence-electron chi connectivity index (χ3n) is 4.94. The molecule has 2 aromatic rings. The van der Waals surface area contributed by atoms with Gasteiger partial charge in [-0.25, -0.2) is 4.79 Å². The highest BCUT2D eigenvalue weighted by molar-refractivity contribution is 6.07. The zero-order valence-corrected chi connectivity index (χ0v) is 13.4. The number of imide groups is 1. The van der Waals surface area contributed by atoms with Gasteiger partial charge in [0.05, 0.1) is 6.21 Å². The Bertz CT molecular complexity index is 837. The topological polar surface area (TPSA) is 61.8 Å². The average Bonchev–Trinajstić information content (AvgIpc) is 2.83. The summed E-state index contributed by atoms with van der Waals surface area (Å²) in [4.78, 5) is 24.8. The van der Waals surface area contributed by atoms with Crippen LogP contribution < -0.4 is 5.32 Å². The molecule has 0 unspecified atom stereocenters. The summed E-state index contributed by atoms with van der Waals surface area (Å²) in [6.45, 7) is 0. The molecule has 0 radical (unpaired) electrons. The normalized spacial score (nSPS) is 20.2. The van der Waals surface area contributed by atoms with Crippen molar-refractivity contribution in [3.05, 3.63) is 48.0 Å². The number of carbonyl (C=O) groups excluding carboxylic acids is 2. The zero-order valence-electron chi connectivity index (χ0n) is 13.4. The smallest absolute Gasteiger partial charge is 0.321 e. The molecule has 0 atom stereocenters. The van der Waals surface area contributed by atoms with Crippen molar-refractivity contribution in [2.75, 3.05) is 0 Å². The van der Waals surface area contributed by atoms with Gasteiger partial charge in [0.15, 0.2) is 0 Å². The van der Waals surface area contributed by atoms with Crippen molar-refractivity contribution in [3.8, 4) is 0 Å². The van der Waals surface area contributed by atoms with Crippen molar-refractivity contribution in [1.29, 1.82) is 0 Å². The van der Waals surface area contributed by atoms with Crippen LogP contribution in [-0.2, 0) is 4.79 Å². The van der Waals surface area contributed by atoms with E-state index in [0.717, 1.165) is 40.6 Å². The maximum atomic E-state index is 12.7. The largest absolute Gasteiger partial charge is 0.346 e. The van der Waals surface area contributed by atoms with E-state index in [0.29, 0.717) is 12.8 Å². The zero-order chi connectivity index (χ0) is 16.6. The fraction of sp³-hybridized carbons (Fsp3) is 0.316. The SMILES string of the molecule is O=C1NC2(CCCCC2)C(=O)N1/N=C\c1ccc2ccccc2c1. The van der Waals surface area contributed by atoms with E-state index in [1.165, 1.54) is 0 Å². The number of nitrogens with zero attached hydrogens (tertiary/aromatic N) is 2. The van der Waals surface area contributed by atoms with E-state index in [9.17, 15) is 9.59 Å². The lowest BCUT2D eigenvalue weighted by atomic mass is 9.82. The van der Waals surface area contributed by atoms with Crippen LogP contribution in [0.3, 0.4) is 0 Å². The molecule has 3 amide bonds. The highest BCUT2D eigenvalue weighted by Crippen LogP contribution is 2.33. The molecule has 0 bridgehead atoms. The van der Waals surface area contributed by atoms with E-state index in [1.54, 1.807) is 6.21 Å². The molecule has 2 aliphatic rings. The number of rotatable bonds is 2. The summed E-state index contributed by atoms with van der Waals surface area (Å²) < 4.78 is 0. The van der Waals surface area contributed by atoms with Gasteiger partial charge in [0.2, 0.25) is 0 Å². The van der Waals surface area contributed by atoms with Gasteiger partial charge in [-0.1, -0.05) is 55.7 Å². The first-order valence-electron chi connectivity index (χ1n) is 8.37. The first kappa shape index (κ1) is 14.9. The van der Waals surface area contributed by atoms with Gasteiger partial charge in [0.25, 0.3) is 5.91 Å². The van der Waals surface area contributed by atoms with Crippen LogP contribution in [0, 0.1) is 0 Å². The quantitative estimate of drug-likeness (QED) is 0.680. The molecule has 5 heteroatoms. The van der Waals surface area contributed by atoms with Gasteiger partial charge in [-0.15, -0.1) is 5.01 Å². The number of fused-ring (bicyclic) bond motifs is 1. The van der Waals surface area contributed by atoms with Gasteiger partial charge >= 0.3 is 6.03 Å². The Balaban J connectivity index is 1.58. The fourth-order valence-electron chi connectivity index (χ4n) is 3.62. The molecular weight excluding hydrogens is 302 g/mol. The van der Waals surface area contributed by atoms with Gasteiger partial charge in [-0.2, -0.15) is 5.10 Å². The van der Waals surface area contributed by atoms with Crippen LogP contribution in [0.15, 0.2) is 47.6 Å². The van der Waals surface area contributed by atoms with Crippen LogP contribution >= 0.6 is 0 Å². The predicted molar refractivity (Wildman–Crippen MR) is 92.7 cm³/mol. The van der Waals surface area contributed by atoms with E-state index in [4.69, 9.17) is 0 Å². The molecule has 1 saturated heterocycles. The minimum atomic E-state index is -0.726. The number of urea groups is 1. The van der Waals surface area contributed by atoms with Crippen molar-refractivity contribution >= 4 is 28.9 Å². The highest BCUT2D eigenvalue weighted by Gasteiger charge is 2.51. The molecule has 0 aromatic heterocycles. The van der Waals surface area contributed by atoms with Crippen LogP contribution in [0.4, 0.5) is 4.79 Å². The second kappa shape index (κ2) is 5.74. The van der Waals surface area contributed by atoms with Crippen molar-refractivity contribution in [2.45, 2.75) is 37.6 Å². The summed E-state index contributed by atoms with van der Waals surface area (Å²) >= 11 is 0. The van der Waals surface area contributed by atoms with Crippen molar-refractivity contribution in [3.63, 3.8) is 0 Å². The molecule has 1 aliphatic carbocycles. The minimum Gasteiger partial charge on any atom is -0.321 e. The number of amides is 3. The lowest BCUT2D eigenvalue weighted by molar-refractivity contribution is -0.132. The maximum absolute atomic E-state index is 12.7. The Hall–Kier alpha value is -2.69. The molecule has 5 nitrogen and oxygen atoms in total. The molecule has 1 spiro atoms. The third-order valence-corrected chi connectivity index (χ3v) is 4.94. The van der Waals surface area contributed by atoms with Gasteiger partial charge < -0.3 is 5.32 Å². The molecule has 1 N–H and O–H groups in total. The van der Waals surface area contributed by atoms with Crippen LogP contribution in [0.2, 0.25) is 0 Å². The molecule has 24 heavy (non-hydrogen) atoms. The van der Waals surface area contributed by atoms with Crippen LogP contribution in [0.1, 0.15) is 37.7 Å². The second-order valence-electron chi connectivity index (χ2n) is 6.54. The number of nitrogens with one attached hydrogen (secondary N) is 1. The van der Waals surface area contributed by atoms with E-state index in [1.807, 2.05) is 42.5 Å². The highest BCUT2D eigenvalue weighted by atomic mass is 16.2. The van der Waals surface area contributed by atoms with E-state index in [2.05, 4.69) is 10.4 Å². The van der Waals surface area contributed by atoms with Crippen LogP contribution in [-0.4, -0.2) is 28.7 Å². The van der Waals surface area contributed by atoms with Crippen molar-refractivity contribution in [1.82, 2.24) is 10.3 Å². The Labute approximate surface area is 140 Å². The average molecular weight is 321 g/mol. The molecular formula is C19H19N3O2. The Morgan fingerprint density at radius 3 is 2.54 bits per heavy atom. The first-order chi connectivity index (χ1) is 11.7. The summed E-state index contributed by atoms with van der Waals surface area (Å²) in [5.74, 6) is -0.218. The summed E-state index contributed by atoms with van der Waals surface area (Å²) in [6.07, 6.45) is 6.04. The first-order valence-corrected chi connectivity index (χ1v) is 8.37. The summed E-state index contributed by atoms with van der Waals surface area (Å²) in [6, 6.07) is 13.6. The molecule has 1 aliphatic heterocycles. The van der Waals surface area contributed by atoms with Crippen LogP contribution in [0.5, 0.6) is 0 Å². The van der Waals surface area contributed by atoms with E-state index >= 15 is 0 Å². The van der Waals surface area contributed by atoms with Crippen molar-refractivity contribution in [2.24, 2.45) is 5.10 Å². The van der Waals surface area contributed by atoms with E-state index < -0.39 is 11.6 Å². The molecule has 2 aromatic carbocycles. The number of carbonyl (C=O) groups is 2. The lowest BCUT2D eigenvalue weighted by Gasteiger charge is -2.29. The summed E-state index contributed by atoms with van der Waals surface area (Å²) in [5, 5.41) is 10.2. The molecule has 122 valence electrons. The monoisotopic (exact) mass is 321 g/mol. The second-order valence-corrected chi connectivity index (χ2v) is 6.54. The Kier molecular flexibility index (Phi) is 3.56. The standard InChI is InChI=1S/C19H19N3O2/c23-17-19(10-4-1-5-11-19)21-18(24)22(17)20-13-14-8-9-15-6-2-3-7-16(15)12-14/h2-3,6-9,12-13H,1,4-5,10-11H2,(H,21,24)/b20-13-. The third kappa shape index (κ3) is 2.46. The van der Waals surface area contributed by atoms with Gasteiger partial charge in [-0.3, -0.25) is 4.79 Å². The van der Waals surface area contributed by atoms with Crippen molar-refractivity contribution < 1.29 is 9.59 Å². The van der Waals surface area contributed by atoms with Gasteiger partial charge in [-0.05, 0) is 35.2 Å². The summed E-state index contributed by atoms with van der Waals surface area (Å²) in [7, 11) is 0. The molecule has 1 heterocycles. The fourth-order valence-corrected chi connectivity index (χ4v) is 3.62. The molecule has 1 saturated carbocycles. The van der Waals surface area contributed by atoms with Gasteiger partial charge in [0.1, 0.15) is 5.54 Å². The number of benzene rings is 2. The predicted octanol–water partition coefficient (Wildman–Crippen LogP) is 3.43. The lowest BCUT2D eigenvalue weighted by Crippen LogP contribution is -2.48. The number of hydrogen-bond donors (Lipinski definition) is 1. The summed E-state index contributed by atoms with van der Waals surface area (Å²) in [5.41, 5.74) is 0.134. The van der Waals surface area contributed by atoms with E-state index in [-0.39, 0.29) is 5.91 Å². The Morgan fingerprint density at radius 2 is 1.75 bits per heavy atom.